The van der Waals surface area contributed by atoms with E-state index in [4.69, 9.17) is 19.9 Å². The van der Waals surface area contributed by atoms with Gasteiger partial charge in [-0.25, -0.2) is 0 Å². The molecule has 2 N–H and O–H groups in total. The van der Waals surface area contributed by atoms with Crippen LogP contribution in [0.1, 0.15) is 23.6 Å². The van der Waals surface area contributed by atoms with E-state index >= 15 is 0 Å². The van der Waals surface area contributed by atoms with Crippen molar-refractivity contribution in [3.8, 4) is 16.9 Å². The van der Waals surface area contributed by atoms with Gasteiger partial charge in [-0.15, -0.1) is 0 Å². The van der Waals surface area contributed by atoms with Gasteiger partial charge < -0.3 is 24.5 Å². The van der Waals surface area contributed by atoms with Crippen LogP contribution in [0.5, 0.6) is 5.75 Å². The first-order chi connectivity index (χ1) is 17.0. The van der Waals surface area contributed by atoms with Crippen LogP contribution in [0.3, 0.4) is 0 Å². The number of aryl methyl sites for hydroxylation is 1. The van der Waals surface area contributed by atoms with E-state index < -0.39 is 0 Å². The summed E-state index contributed by atoms with van der Waals surface area (Å²) in [7, 11) is 3.64. The average molecular weight is 473 g/mol. The number of aromatic nitrogens is 1. The van der Waals surface area contributed by atoms with E-state index in [0.717, 1.165) is 38.7 Å². The number of esters is 1. The number of benzene rings is 3. The van der Waals surface area contributed by atoms with Gasteiger partial charge in [0.2, 0.25) is 0 Å². The van der Waals surface area contributed by atoms with E-state index in [-0.39, 0.29) is 18.5 Å². The first-order valence-electron chi connectivity index (χ1n) is 11.7. The lowest BCUT2D eigenvalue weighted by atomic mass is 9.98. The molecule has 1 atom stereocenters. The molecule has 0 aliphatic carbocycles. The predicted molar refractivity (Wildman–Crippen MR) is 138 cm³/mol. The van der Waals surface area contributed by atoms with Crippen LogP contribution < -0.4 is 10.5 Å². The number of carbonyl (C=O) groups excluding carboxylic acids is 1. The van der Waals surface area contributed by atoms with Crippen LogP contribution in [0.2, 0.25) is 0 Å². The van der Waals surface area contributed by atoms with Crippen LogP contribution in [-0.2, 0) is 40.9 Å². The van der Waals surface area contributed by atoms with Gasteiger partial charge in [0.15, 0.2) is 0 Å². The molecule has 0 radical (unpaired) electrons. The lowest BCUT2D eigenvalue weighted by Crippen LogP contribution is -2.21. The number of para-hydroxylation sites is 1. The van der Waals surface area contributed by atoms with Crippen LogP contribution in [-0.4, -0.2) is 30.4 Å². The summed E-state index contributed by atoms with van der Waals surface area (Å²) in [6.07, 6.45) is 1.91. The average Bonchev–Trinajstić information content (AvgIpc) is 3.23. The minimum atomic E-state index is -0.307. The summed E-state index contributed by atoms with van der Waals surface area (Å²) >= 11 is 0. The molecular formula is C29H32N2O4. The number of nitrogens with two attached hydrogens (primary N) is 1. The standard InChI is InChI=1S/C29H32N2O4/c1-20(18-33-3)35-28(32)16-24-8-4-5-10-27(24)34-19-22-14-25-11-12-31(2)29(25)26(15-22)23-9-6-7-21(13-23)17-30/h4-15,20H,16-19,30H2,1-3H3. The van der Waals surface area contributed by atoms with Gasteiger partial charge in [-0.05, 0) is 53.9 Å². The van der Waals surface area contributed by atoms with Gasteiger partial charge in [0, 0.05) is 43.4 Å². The SMILES string of the molecule is COCC(C)OC(=O)Cc1ccccc1OCc1cc(-c2cccc(CN)c2)c2c(ccn2C)c1. The Morgan fingerprint density at radius 3 is 2.66 bits per heavy atom. The topological polar surface area (TPSA) is 75.7 Å². The van der Waals surface area contributed by atoms with Gasteiger partial charge in [0.05, 0.1) is 18.5 Å². The maximum absolute atomic E-state index is 12.4. The van der Waals surface area contributed by atoms with Crippen LogP contribution in [0.15, 0.2) is 72.9 Å². The van der Waals surface area contributed by atoms with E-state index in [2.05, 4.69) is 48.1 Å². The number of hydrogen-bond acceptors (Lipinski definition) is 5. The molecule has 182 valence electrons. The predicted octanol–water partition coefficient (Wildman–Crippen LogP) is 5.00. The molecule has 4 aromatic rings. The number of ether oxygens (including phenoxy) is 3. The van der Waals surface area contributed by atoms with E-state index in [9.17, 15) is 4.79 Å². The summed E-state index contributed by atoms with van der Waals surface area (Å²) in [4.78, 5) is 12.4. The van der Waals surface area contributed by atoms with E-state index in [0.29, 0.717) is 25.5 Å². The molecule has 3 aromatic carbocycles. The summed E-state index contributed by atoms with van der Waals surface area (Å²) in [5.74, 6) is 0.363. The second-order valence-electron chi connectivity index (χ2n) is 8.74. The molecule has 1 unspecified atom stereocenters. The number of nitrogens with zero attached hydrogens (tertiary/aromatic N) is 1. The smallest absolute Gasteiger partial charge is 0.310 e. The highest BCUT2D eigenvalue weighted by Crippen LogP contribution is 2.32. The molecule has 0 bridgehead atoms. The fourth-order valence-corrected chi connectivity index (χ4v) is 4.32. The molecule has 35 heavy (non-hydrogen) atoms. The van der Waals surface area contributed by atoms with Crippen LogP contribution in [0.25, 0.3) is 22.0 Å². The molecule has 0 spiro atoms. The molecule has 1 heterocycles. The number of fused-ring (bicyclic) bond motifs is 1. The molecule has 0 aliphatic heterocycles. The van der Waals surface area contributed by atoms with Crippen LogP contribution >= 0.6 is 0 Å². The Kier molecular flexibility index (Phi) is 7.85. The van der Waals surface area contributed by atoms with Crippen molar-refractivity contribution in [3.05, 3.63) is 89.6 Å². The molecule has 0 fully saturated rings. The van der Waals surface area contributed by atoms with Gasteiger partial charge in [-0.2, -0.15) is 0 Å². The summed E-state index contributed by atoms with van der Waals surface area (Å²) in [6, 6.07) is 22.3. The first-order valence-corrected chi connectivity index (χ1v) is 11.7. The van der Waals surface area contributed by atoms with Gasteiger partial charge >= 0.3 is 5.97 Å². The molecule has 0 saturated heterocycles. The summed E-state index contributed by atoms with van der Waals surface area (Å²) < 4.78 is 18.8. The molecular weight excluding hydrogens is 440 g/mol. The zero-order valence-corrected chi connectivity index (χ0v) is 20.5. The van der Waals surface area contributed by atoms with Gasteiger partial charge in [-0.1, -0.05) is 36.4 Å². The van der Waals surface area contributed by atoms with Gasteiger partial charge in [0.25, 0.3) is 0 Å². The summed E-state index contributed by atoms with van der Waals surface area (Å²) in [5.41, 5.74) is 12.2. The van der Waals surface area contributed by atoms with E-state index in [1.807, 2.05) is 43.3 Å². The Morgan fingerprint density at radius 2 is 1.86 bits per heavy atom. The zero-order chi connectivity index (χ0) is 24.8. The number of methoxy groups -OCH3 is 1. The Labute approximate surface area is 206 Å². The normalized spacial score (nSPS) is 12.0. The van der Waals surface area contributed by atoms with Crippen molar-refractivity contribution < 1.29 is 19.0 Å². The number of rotatable bonds is 10. The molecule has 6 nitrogen and oxygen atoms in total. The lowest BCUT2D eigenvalue weighted by Gasteiger charge is -2.15. The third-order valence-electron chi connectivity index (χ3n) is 5.94. The number of carbonyl (C=O) groups is 1. The van der Waals surface area contributed by atoms with E-state index in [1.54, 1.807) is 7.11 Å². The quantitative estimate of drug-likeness (QED) is 0.329. The largest absolute Gasteiger partial charge is 0.489 e. The summed E-state index contributed by atoms with van der Waals surface area (Å²) in [6.45, 7) is 3.05. The maximum Gasteiger partial charge on any atom is 0.310 e. The minimum Gasteiger partial charge on any atom is -0.489 e. The third-order valence-corrected chi connectivity index (χ3v) is 5.94. The van der Waals surface area contributed by atoms with Crippen molar-refractivity contribution in [2.75, 3.05) is 13.7 Å². The molecule has 4 rings (SSSR count). The Hall–Kier alpha value is -3.61. The Bertz CT molecular complexity index is 1310. The molecule has 0 saturated carbocycles. The van der Waals surface area contributed by atoms with Crippen molar-refractivity contribution in [1.29, 1.82) is 0 Å². The lowest BCUT2D eigenvalue weighted by molar-refractivity contribution is -0.149. The van der Waals surface area contributed by atoms with Crippen LogP contribution in [0.4, 0.5) is 0 Å². The molecule has 0 amide bonds. The second-order valence-corrected chi connectivity index (χ2v) is 8.74. The highest BCUT2D eigenvalue weighted by molar-refractivity contribution is 5.95. The van der Waals surface area contributed by atoms with Gasteiger partial charge in [-0.3, -0.25) is 4.79 Å². The van der Waals surface area contributed by atoms with Crippen molar-refractivity contribution >= 4 is 16.9 Å². The van der Waals surface area contributed by atoms with Crippen molar-refractivity contribution in [1.82, 2.24) is 4.57 Å². The number of hydrogen-bond donors (Lipinski definition) is 1. The first kappa shape index (κ1) is 24.5. The molecule has 6 heteroatoms. The molecule has 1 aromatic heterocycles. The van der Waals surface area contributed by atoms with Crippen molar-refractivity contribution in [3.63, 3.8) is 0 Å². The van der Waals surface area contributed by atoms with Crippen LogP contribution in [0, 0.1) is 0 Å². The highest BCUT2D eigenvalue weighted by Gasteiger charge is 2.15. The monoisotopic (exact) mass is 472 g/mol. The Morgan fingerprint density at radius 1 is 1.03 bits per heavy atom. The highest BCUT2D eigenvalue weighted by atomic mass is 16.6. The van der Waals surface area contributed by atoms with Crippen molar-refractivity contribution in [2.45, 2.75) is 32.6 Å². The third kappa shape index (κ3) is 5.91. The van der Waals surface area contributed by atoms with Crippen molar-refractivity contribution in [2.24, 2.45) is 12.8 Å². The second kappa shape index (κ2) is 11.2. The fourth-order valence-electron chi connectivity index (χ4n) is 4.32. The maximum atomic E-state index is 12.4. The Balaban J connectivity index is 1.57. The summed E-state index contributed by atoms with van der Waals surface area (Å²) in [5, 5.41) is 1.14. The zero-order valence-electron chi connectivity index (χ0n) is 20.5. The van der Waals surface area contributed by atoms with Gasteiger partial charge in [0.1, 0.15) is 18.5 Å². The van der Waals surface area contributed by atoms with E-state index in [1.165, 1.54) is 0 Å². The minimum absolute atomic E-state index is 0.138. The molecule has 0 aliphatic rings. The fraction of sp³-hybridized carbons (Fsp3) is 0.276.